The molecule has 0 fully saturated rings. The first kappa shape index (κ1) is 49.0. The number of aliphatic hydroxyl groups is 1. The van der Waals surface area contributed by atoms with Gasteiger partial charge in [-0.15, -0.1) is 0 Å². The van der Waals surface area contributed by atoms with Crippen molar-refractivity contribution >= 4 is 58.8 Å². The Kier molecular flexibility index (Phi) is 19.8. The predicted octanol–water partition coefficient (Wildman–Crippen LogP) is 0.219. The molecule has 2 aromatic rings. The van der Waals surface area contributed by atoms with Gasteiger partial charge in [-0.2, -0.15) is 0 Å². The standard InChI is InChI=1S/C39H54N13O8.Tc/c1-22(2)33-38(60)52(4)29(9-8-14-44-39(40)41)37(59)47-21-32(55)49-28(15-23(3)53)36(58)46-19-24-16-26(35(57)50-33)18-27(17-24)48-31(54)10-6-5-7-13-43-34(56)25-11-12-30(51-42)45-20-25;/h11-12,16-18,20,22,28-29,33,53H,3,5-10,13-15,19,21H2,1-2,4H3,(H,43,56)(H,46,58)(H,47,59)(H,48,54)(H,49,55)(H,50,57)(H4,40,41,44);/q-1;+2/t28-,29-,33+;/m0./s1. The molecule has 1 aromatic carbocycles. The quantitative estimate of drug-likeness (QED) is 0.0274. The molecule has 7 amide bonds. The van der Waals surface area contributed by atoms with Crippen LogP contribution in [0.25, 0.3) is 0 Å². The largest absolute Gasteiger partial charge is 0.350 e. The second-order valence-electron chi connectivity index (χ2n) is 14.5. The Labute approximate surface area is 363 Å². The first-order valence-corrected chi connectivity index (χ1v) is 20.4. The number of anilines is 1. The Hall–Kier alpha value is -6.37. The molecule has 0 unspecified atom stereocenters. The summed E-state index contributed by atoms with van der Waals surface area (Å²) in [5.74, 6) is -4.66. The van der Waals surface area contributed by atoms with Crippen molar-refractivity contribution in [3.63, 3.8) is 0 Å². The van der Waals surface area contributed by atoms with Crippen molar-refractivity contribution in [3.05, 3.63) is 65.6 Å². The molecule has 2 bridgehead atoms. The Morgan fingerprint density at radius 2 is 1.77 bits per heavy atom. The number of unbranched alkanes of at least 4 members (excludes halogenated alkanes) is 2. The van der Waals surface area contributed by atoms with Crippen LogP contribution in [-0.4, -0.2) is 107 Å². The van der Waals surface area contributed by atoms with Gasteiger partial charge < -0.3 is 48.1 Å². The van der Waals surface area contributed by atoms with Gasteiger partial charge in [-0.05, 0) is 42.5 Å². The molecular weight excluding hydrogens is 877 g/mol. The number of aliphatic hydroxyl groups excluding tert-OH is 1. The van der Waals surface area contributed by atoms with Gasteiger partial charge in [0.05, 0.1) is 12.3 Å². The number of benzene rings is 1. The van der Waals surface area contributed by atoms with Crippen LogP contribution in [0.4, 0.5) is 11.5 Å². The Bertz CT molecular complexity index is 2020. The summed E-state index contributed by atoms with van der Waals surface area (Å²) >= 11 is 1.73. The van der Waals surface area contributed by atoms with Crippen molar-refractivity contribution in [1.29, 1.82) is 0 Å². The van der Waals surface area contributed by atoms with E-state index in [-0.39, 0.29) is 73.6 Å². The summed E-state index contributed by atoms with van der Waals surface area (Å²) in [7, 11) is 1.41. The van der Waals surface area contributed by atoms with Gasteiger partial charge in [0.2, 0.25) is 29.5 Å². The fourth-order valence-corrected chi connectivity index (χ4v) is 6.31. The number of fused-ring (bicyclic) bond motifs is 2. The molecule has 1 aliphatic heterocycles. The minimum Gasteiger partial charge on any atom is -0.350 e. The Morgan fingerprint density at radius 3 is 2.43 bits per heavy atom. The zero-order valence-electron chi connectivity index (χ0n) is 34.3. The van der Waals surface area contributed by atoms with Crippen molar-refractivity contribution in [3.8, 4) is 0 Å². The van der Waals surface area contributed by atoms with Crippen LogP contribution in [0.2, 0.25) is 0 Å². The van der Waals surface area contributed by atoms with Gasteiger partial charge in [-0.3, -0.25) is 33.8 Å². The second kappa shape index (κ2) is 24.6. The molecule has 0 aliphatic carbocycles. The van der Waals surface area contributed by atoms with Gasteiger partial charge in [-0.1, -0.05) is 20.4 Å². The fourth-order valence-electron chi connectivity index (χ4n) is 6.12. The fraction of sp³-hybridized carbons (Fsp3) is 0.462. The predicted molar refractivity (Wildman–Crippen MR) is 220 cm³/mol. The van der Waals surface area contributed by atoms with Gasteiger partial charge in [0.1, 0.15) is 18.1 Å². The third-order valence-electron chi connectivity index (χ3n) is 9.30. The molecule has 1 aromatic heterocycles. The molecule has 3 rings (SSSR count). The maximum absolute atomic E-state index is 14.0. The molecule has 2 heterocycles. The monoisotopic (exact) mass is 929 g/mol. The maximum atomic E-state index is 14.0. The van der Waals surface area contributed by atoms with Gasteiger partial charge in [0.15, 0.2) is 5.96 Å². The van der Waals surface area contributed by atoms with E-state index in [1.165, 1.54) is 30.3 Å². The minimum absolute atomic E-state index is 0.0550. The zero-order valence-corrected chi connectivity index (χ0v) is 36.2. The van der Waals surface area contributed by atoms with Crippen LogP contribution in [0.3, 0.4) is 0 Å². The van der Waals surface area contributed by atoms with Gasteiger partial charge in [0.25, 0.3) is 5.91 Å². The van der Waals surface area contributed by atoms with E-state index < -0.39 is 60.1 Å². The molecule has 3 atom stereocenters. The van der Waals surface area contributed by atoms with E-state index in [1.54, 1.807) is 50.8 Å². The average molecular weight is 931 g/mol. The number of hydrogen-bond donors (Lipinski definition) is 9. The molecule has 0 radical (unpaired) electrons. The normalized spacial score (nSPS) is 17.6. The first-order chi connectivity index (χ1) is 29.0. The van der Waals surface area contributed by atoms with Crippen molar-refractivity contribution < 1.29 is 57.4 Å². The summed E-state index contributed by atoms with van der Waals surface area (Å²) in [6, 6.07) is 4.12. The molecule has 61 heavy (non-hydrogen) atoms. The smallest absolute Gasteiger partial charge is 0.243 e. The summed E-state index contributed by atoms with van der Waals surface area (Å²) in [5, 5.41) is 29.8. The van der Waals surface area contributed by atoms with Crippen LogP contribution in [-0.2, 0) is 49.2 Å². The van der Waals surface area contributed by atoms with E-state index in [4.69, 9.17) is 11.5 Å². The summed E-state index contributed by atoms with van der Waals surface area (Å²) in [5.41, 5.74) is 11.9. The molecule has 1 aliphatic rings. The third kappa shape index (κ3) is 16.7. The third-order valence-corrected chi connectivity index (χ3v) is 9.49. The van der Waals surface area contributed by atoms with Crippen LogP contribution in [0.1, 0.15) is 85.1 Å². The average Bonchev–Trinajstić information content (AvgIpc) is 3.21. The van der Waals surface area contributed by atoms with Crippen LogP contribution in [0, 0.1) is 5.92 Å². The number of amides is 7. The minimum atomic E-state index is -1.30. The van der Waals surface area contributed by atoms with Crippen molar-refractivity contribution in [1.82, 2.24) is 39.9 Å². The van der Waals surface area contributed by atoms with E-state index in [0.717, 1.165) is 0 Å². The molecular formula is C39H54N13O8Tc+. The number of carbonyl (C=O) groups is 7. The number of rotatable bonds is 16. The topological polar surface area (TPSA) is 319 Å². The number of aliphatic imine (C=N–C) groups is 1. The Morgan fingerprint density at radius 1 is 1.03 bits per heavy atom. The van der Waals surface area contributed by atoms with Crippen molar-refractivity contribution in [2.45, 2.75) is 83.5 Å². The number of aromatic nitrogens is 1. The molecule has 21 nitrogen and oxygen atoms in total. The van der Waals surface area contributed by atoms with Crippen molar-refractivity contribution in [2.24, 2.45) is 27.5 Å². The van der Waals surface area contributed by atoms with E-state index in [1.807, 2.05) is 0 Å². The number of pyridine rings is 1. The molecule has 22 heteroatoms. The number of nitrogens with one attached hydrogen (secondary N) is 6. The van der Waals surface area contributed by atoms with Gasteiger partial charge in [0, 0.05) is 44.2 Å². The van der Waals surface area contributed by atoms with Crippen LogP contribution in [0.15, 0.2) is 59.0 Å². The molecule has 0 spiro atoms. The summed E-state index contributed by atoms with van der Waals surface area (Å²) in [4.78, 5) is 102. The van der Waals surface area contributed by atoms with Gasteiger partial charge in [-0.25, -0.2) is 0 Å². The van der Waals surface area contributed by atoms with E-state index in [2.05, 4.69) is 57.0 Å². The SMILES string of the molecule is C=C(O)C[C@@H]1NC(=O)CNC(=O)[C@H](CCCN=C(N)N)N(C)C(=O)[C@@H](C(C)C)NC(=O)c2cc(cc(NC(=O)CCCCCNC(=O)c3ccc(N=[N+]=[Tc])nc3)c2)CNC1=O. The number of hydrogen-bond acceptors (Lipinski definition) is 11. The van der Waals surface area contributed by atoms with Crippen LogP contribution < -0.4 is 46.8 Å². The molecule has 11 N–H and O–H groups in total. The van der Waals surface area contributed by atoms with E-state index >= 15 is 0 Å². The maximum Gasteiger partial charge on any atom is 0.243 e. The number of nitrogens with two attached hydrogens (primary N) is 2. The number of nitrogens with zero attached hydrogens (tertiary/aromatic N) is 5. The summed E-state index contributed by atoms with van der Waals surface area (Å²) in [6.45, 7) is 6.66. The number of guanidine groups is 1. The van der Waals surface area contributed by atoms with Crippen LogP contribution >= 0.6 is 0 Å². The summed E-state index contributed by atoms with van der Waals surface area (Å²) < 4.78 is 3.61. The molecule has 329 valence electrons. The number of carbonyl (C=O) groups excluding carboxylic acids is 7. The van der Waals surface area contributed by atoms with Crippen LogP contribution in [0.5, 0.6) is 0 Å². The molecule has 0 saturated heterocycles. The summed E-state index contributed by atoms with van der Waals surface area (Å²) in [6.07, 6.45) is 3.26. The van der Waals surface area contributed by atoms with E-state index in [0.29, 0.717) is 42.8 Å². The first-order valence-electron chi connectivity index (χ1n) is 19.5. The van der Waals surface area contributed by atoms with Gasteiger partial charge >= 0.3 is 104 Å². The van der Waals surface area contributed by atoms with Crippen molar-refractivity contribution in [2.75, 3.05) is 32.0 Å². The second-order valence-corrected chi connectivity index (χ2v) is 14.9. The Balaban J connectivity index is 1.81. The number of likely N-dealkylation sites (N-methyl/N-ethyl adjacent to an activating group) is 1. The molecule has 0 saturated carbocycles. The zero-order chi connectivity index (χ0) is 45.1. The van der Waals surface area contributed by atoms with E-state index in [9.17, 15) is 38.7 Å².